The highest BCUT2D eigenvalue weighted by Crippen LogP contribution is 2.44. The fraction of sp³-hybridized carbons (Fsp3) is 0.409. The number of carbonyl (C=O) groups is 1. The van der Waals surface area contributed by atoms with E-state index in [1.807, 2.05) is 30.1 Å². The first-order valence-corrected chi connectivity index (χ1v) is 9.96. The standard InChI is InChI=1S/C22H25N5O2/c1-25-11-16-12-27(13-18(16)21(25)14-4-6-17(29-3)7-5-14)22(28)15-8-20-19(23-9-15)10-24-26(20)2/h4-10,16,18,21H,11-13H2,1-3H3/t16-,18+,21+/m0/s1. The molecule has 7 nitrogen and oxygen atoms in total. The van der Waals surface area contributed by atoms with Crippen LogP contribution in [-0.4, -0.2) is 64.3 Å². The number of rotatable bonds is 3. The van der Waals surface area contributed by atoms with Crippen LogP contribution >= 0.6 is 0 Å². The van der Waals surface area contributed by atoms with Crippen LogP contribution in [0.1, 0.15) is 22.0 Å². The van der Waals surface area contributed by atoms with Crippen LogP contribution in [0, 0.1) is 11.8 Å². The second kappa shape index (κ2) is 6.84. The summed E-state index contributed by atoms with van der Waals surface area (Å²) in [7, 11) is 5.73. The summed E-state index contributed by atoms with van der Waals surface area (Å²) in [6, 6.07) is 10.5. The van der Waals surface area contributed by atoms with Crippen LogP contribution in [0.2, 0.25) is 0 Å². The molecule has 5 rings (SSSR count). The Morgan fingerprint density at radius 2 is 1.90 bits per heavy atom. The number of aromatic nitrogens is 3. The van der Waals surface area contributed by atoms with E-state index >= 15 is 0 Å². The number of aryl methyl sites for hydroxylation is 1. The molecule has 1 amide bonds. The van der Waals surface area contributed by atoms with Gasteiger partial charge in [0, 0.05) is 44.8 Å². The molecular weight excluding hydrogens is 366 g/mol. The van der Waals surface area contributed by atoms with E-state index in [1.165, 1.54) is 5.56 Å². The number of fused-ring (bicyclic) bond motifs is 2. The molecule has 0 N–H and O–H groups in total. The van der Waals surface area contributed by atoms with E-state index in [2.05, 4.69) is 34.2 Å². The molecule has 2 saturated heterocycles. The van der Waals surface area contributed by atoms with Gasteiger partial charge in [-0.3, -0.25) is 19.4 Å². The molecule has 0 bridgehead atoms. The number of likely N-dealkylation sites (tertiary alicyclic amines) is 2. The summed E-state index contributed by atoms with van der Waals surface area (Å²) in [5, 5.41) is 4.22. The van der Waals surface area contributed by atoms with Crippen molar-refractivity contribution in [3.8, 4) is 5.75 Å². The van der Waals surface area contributed by atoms with Gasteiger partial charge in [-0.2, -0.15) is 5.10 Å². The third kappa shape index (κ3) is 2.97. The summed E-state index contributed by atoms with van der Waals surface area (Å²) in [6.45, 7) is 2.57. The summed E-state index contributed by atoms with van der Waals surface area (Å²) < 4.78 is 7.05. The Hall–Kier alpha value is -2.93. The Labute approximate surface area is 169 Å². The Morgan fingerprint density at radius 1 is 1.10 bits per heavy atom. The van der Waals surface area contributed by atoms with Crippen molar-refractivity contribution in [2.24, 2.45) is 18.9 Å². The monoisotopic (exact) mass is 391 g/mol. The topological polar surface area (TPSA) is 63.5 Å². The number of ether oxygens (including phenoxy) is 1. The Morgan fingerprint density at radius 3 is 2.66 bits per heavy atom. The molecule has 4 heterocycles. The van der Waals surface area contributed by atoms with Crippen molar-refractivity contribution < 1.29 is 9.53 Å². The third-order valence-corrected chi connectivity index (χ3v) is 6.49. The molecule has 2 aromatic heterocycles. The molecule has 1 aromatic carbocycles. The smallest absolute Gasteiger partial charge is 0.255 e. The van der Waals surface area contributed by atoms with Crippen LogP contribution in [-0.2, 0) is 7.05 Å². The van der Waals surface area contributed by atoms with Gasteiger partial charge in [-0.25, -0.2) is 0 Å². The lowest BCUT2D eigenvalue weighted by molar-refractivity contribution is 0.0767. The summed E-state index contributed by atoms with van der Waals surface area (Å²) in [4.78, 5) is 22.0. The van der Waals surface area contributed by atoms with Gasteiger partial charge >= 0.3 is 0 Å². The van der Waals surface area contributed by atoms with Gasteiger partial charge in [0.15, 0.2) is 0 Å². The fourth-order valence-electron chi connectivity index (χ4n) is 5.05. The lowest BCUT2D eigenvalue weighted by atomic mass is 9.89. The lowest BCUT2D eigenvalue weighted by Gasteiger charge is -2.27. The first kappa shape index (κ1) is 18.1. The Balaban J connectivity index is 1.37. The van der Waals surface area contributed by atoms with E-state index in [9.17, 15) is 4.79 Å². The maximum atomic E-state index is 13.2. The summed E-state index contributed by atoms with van der Waals surface area (Å²) in [6.07, 6.45) is 3.40. The van der Waals surface area contributed by atoms with Crippen LogP contribution in [0.4, 0.5) is 0 Å². The Kier molecular flexibility index (Phi) is 4.28. The summed E-state index contributed by atoms with van der Waals surface area (Å²) in [5.41, 5.74) is 3.61. The van der Waals surface area contributed by atoms with E-state index in [1.54, 1.807) is 24.2 Å². The number of amides is 1. The molecule has 0 saturated carbocycles. The van der Waals surface area contributed by atoms with Crippen molar-refractivity contribution in [3.63, 3.8) is 0 Å². The van der Waals surface area contributed by atoms with E-state index in [-0.39, 0.29) is 5.91 Å². The van der Waals surface area contributed by atoms with Gasteiger partial charge in [-0.1, -0.05) is 12.1 Å². The van der Waals surface area contributed by atoms with Crippen molar-refractivity contribution in [3.05, 3.63) is 53.9 Å². The zero-order valence-electron chi connectivity index (χ0n) is 16.9. The summed E-state index contributed by atoms with van der Waals surface area (Å²) in [5.74, 6) is 1.86. The maximum absolute atomic E-state index is 13.2. The number of methoxy groups -OCH3 is 1. The average Bonchev–Trinajstić information content (AvgIpc) is 3.40. The van der Waals surface area contributed by atoms with Crippen molar-refractivity contribution in [1.29, 1.82) is 0 Å². The number of benzene rings is 1. The molecule has 3 atom stereocenters. The lowest BCUT2D eigenvalue weighted by Crippen LogP contribution is -2.33. The molecule has 2 fully saturated rings. The van der Waals surface area contributed by atoms with Crippen molar-refractivity contribution in [2.75, 3.05) is 33.8 Å². The number of nitrogens with zero attached hydrogens (tertiary/aromatic N) is 5. The molecule has 150 valence electrons. The molecule has 2 aliphatic heterocycles. The molecule has 0 spiro atoms. The molecule has 0 aliphatic carbocycles. The van der Waals surface area contributed by atoms with Gasteiger partial charge in [0.2, 0.25) is 0 Å². The normalized spacial score (nSPS) is 24.2. The zero-order valence-corrected chi connectivity index (χ0v) is 16.9. The first-order valence-electron chi connectivity index (χ1n) is 9.96. The first-order chi connectivity index (χ1) is 14.0. The van der Waals surface area contributed by atoms with Gasteiger partial charge in [-0.15, -0.1) is 0 Å². The van der Waals surface area contributed by atoms with E-state index < -0.39 is 0 Å². The van der Waals surface area contributed by atoms with Crippen molar-refractivity contribution in [2.45, 2.75) is 6.04 Å². The minimum Gasteiger partial charge on any atom is -0.497 e. The second-order valence-corrected chi connectivity index (χ2v) is 8.19. The number of pyridine rings is 1. The molecular formula is C22H25N5O2. The van der Waals surface area contributed by atoms with Gasteiger partial charge in [0.05, 0.1) is 24.4 Å². The molecule has 0 radical (unpaired) electrons. The minimum atomic E-state index is 0.0612. The van der Waals surface area contributed by atoms with Crippen molar-refractivity contribution in [1.82, 2.24) is 24.6 Å². The predicted octanol–water partition coefficient (Wildman–Crippen LogP) is 2.35. The number of carbonyl (C=O) groups excluding carboxylic acids is 1. The highest BCUT2D eigenvalue weighted by molar-refractivity contribution is 5.96. The average molecular weight is 391 g/mol. The number of hydrogen-bond acceptors (Lipinski definition) is 5. The van der Waals surface area contributed by atoms with Gasteiger partial charge in [-0.05, 0) is 36.7 Å². The van der Waals surface area contributed by atoms with Crippen LogP contribution in [0.25, 0.3) is 11.0 Å². The van der Waals surface area contributed by atoms with Crippen LogP contribution in [0.15, 0.2) is 42.7 Å². The van der Waals surface area contributed by atoms with E-state index in [0.29, 0.717) is 23.4 Å². The zero-order chi connectivity index (χ0) is 20.1. The van der Waals surface area contributed by atoms with Crippen LogP contribution < -0.4 is 4.74 Å². The molecule has 3 aromatic rings. The quantitative estimate of drug-likeness (QED) is 0.686. The minimum absolute atomic E-state index is 0.0612. The highest BCUT2D eigenvalue weighted by Gasteiger charge is 2.47. The largest absolute Gasteiger partial charge is 0.497 e. The van der Waals surface area contributed by atoms with E-state index in [0.717, 1.165) is 36.4 Å². The van der Waals surface area contributed by atoms with Crippen LogP contribution in [0.5, 0.6) is 5.75 Å². The highest BCUT2D eigenvalue weighted by atomic mass is 16.5. The molecule has 29 heavy (non-hydrogen) atoms. The fourth-order valence-corrected chi connectivity index (χ4v) is 5.05. The van der Waals surface area contributed by atoms with Gasteiger partial charge in [0.25, 0.3) is 5.91 Å². The Bertz CT molecular complexity index is 1060. The van der Waals surface area contributed by atoms with Crippen molar-refractivity contribution >= 4 is 16.9 Å². The van der Waals surface area contributed by atoms with E-state index in [4.69, 9.17) is 4.74 Å². The summed E-state index contributed by atoms with van der Waals surface area (Å²) >= 11 is 0. The van der Waals surface area contributed by atoms with Gasteiger partial charge < -0.3 is 9.64 Å². The van der Waals surface area contributed by atoms with Gasteiger partial charge in [0.1, 0.15) is 11.3 Å². The van der Waals surface area contributed by atoms with Crippen LogP contribution in [0.3, 0.4) is 0 Å². The molecule has 2 aliphatic rings. The predicted molar refractivity (Wildman–Crippen MR) is 110 cm³/mol. The second-order valence-electron chi connectivity index (χ2n) is 8.19. The molecule has 0 unspecified atom stereocenters. The SMILES string of the molecule is COc1ccc([C@@H]2[C@@H]3CN(C(=O)c4cnc5cnn(C)c5c4)C[C@@H]3CN2C)cc1. The molecule has 7 heteroatoms. The third-order valence-electron chi connectivity index (χ3n) is 6.49. The maximum Gasteiger partial charge on any atom is 0.255 e. The number of hydrogen-bond donors (Lipinski definition) is 0.